The van der Waals surface area contributed by atoms with Crippen molar-refractivity contribution in [3.63, 3.8) is 0 Å². The molecule has 3 rings (SSSR count). The van der Waals surface area contributed by atoms with Crippen LogP contribution in [-0.2, 0) is 0 Å². The molecule has 1 aliphatic rings. The zero-order valence-corrected chi connectivity index (χ0v) is 9.76. The molecule has 1 nitrogen and oxygen atoms in total. The molecule has 86 valence electrons. The van der Waals surface area contributed by atoms with Gasteiger partial charge in [0.15, 0.2) is 0 Å². The van der Waals surface area contributed by atoms with Gasteiger partial charge in [-0.05, 0) is 47.2 Å². The summed E-state index contributed by atoms with van der Waals surface area (Å²) < 4.78 is 0. The standard InChI is InChI=1S/C16H16O/c17-16-7-3-6-14(11-16)15-9-8-12-4-1-2-5-13(12)10-15/h1-2,4-5,8-11,16-17H,3,6-7H2. The maximum absolute atomic E-state index is 9.68. The van der Waals surface area contributed by atoms with E-state index in [0.717, 1.165) is 19.3 Å². The molecular weight excluding hydrogens is 208 g/mol. The van der Waals surface area contributed by atoms with E-state index in [2.05, 4.69) is 42.5 Å². The first-order chi connectivity index (χ1) is 8.33. The van der Waals surface area contributed by atoms with E-state index in [4.69, 9.17) is 0 Å². The fourth-order valence-electron chi connectivity index (χ4n) is 2.53. The van der Waals surface area contributed by atoms with Crippen molar-refractivity contribution in [2.24, 2.45) is 0 Å². The summed E-state index contributed by atoms with van der Waals surface area (Å²) in [6.07, 6.45) is 4.81. The van der Waals surface area contributed by atoms with Crippen LogP contribution >= 0.6 is 0 Å². The summed E-state index contributed by atoms with van der Waals surface area (Å²) in [6.45, 7) is 0. The molecule has 0 saturated heterocycles. The first-order valence-corrected chi connectivity index (χ1v) is 6.21. The lowest BCUT2D eigenvalue weighted by Crippen LogP contribution is -2.08. The van der Waals surface area contributed by atoms with Crippen LogP contribution in [0.25, 0.3) is 16.3 Å². The van der Waals surface area contributed by atoms with Crippen molar-refractivity contribution in [3.05, 3.63) is 54.1 Å². The summed E-state index contributed by atoms with van der Waals surface area (Å²) in [5.41, 5.74) is 2.54. The van der Waals surface area contributed by atoms with E-state index in [1.54, 1.807) is 0 Å². The first kappa shape index (κ1) is 10.5. The van der Waals surface area contributed by atoms with Crippen molar-refractivity contribution in [1.82, 2.24) is 0 Å². The fraction of sp³-hybridized carbons (Fsp3) is 0.250. The quantitative estimate of drug-likeness (QED) is 0.781. The maximum Gasteiger partial charge on any atom is 0.0726 e. The Morgan fingerprint density at radius 2 is 1.82 bits per heavy atom. The zero-order valence-electron chi connectivity index (χ0n) is 9.76. The van der Waals surface area contributed by atoms with Crippen LogP contribution in [0.1, 0.15) is 24.8 Å². The van der Waals surface area contributed by atoms with Gasteiger partial charge in [0.2, 0.25) is 0 Å². The van der Waals surface area contributed by atoms with Gasteiger partial charge in [-0.3, -0.25) is 0 Å². The number of benzene rings is 2. The van der Waals surface area contributed by atoms with Crippen LogP contribution in [0.2, 0.25) is 0 Å². The molecule has 0 bridgehead atoms. The van der Waals surface area contributed by atoms with Gasteiger partial charge in [0.25, 0.3) is 0 Å². The van der Waals surface area contributed by atoms with Crippen LogP contribution in [-0.4, -0.2) is 11.2 Å². The highest BCUT2D eigenvalue weighted by atomic mass is 16.3. The highest BCUT2D eigenvalue weighted by molar-refractivity contribution is 5.86. The highest BCUT2D eigenvalue weighted by Crippen LogP contribution is 2.28. The Balaban J connectivity index is 2.06. The number of aliphatic hydroxyl groups is 1. The number of hydrogen-bond acceptors (Lipinski definition) is 1. The molecule has 1 unspecified atom stereocenters. The highest BCUT2D eigenvalue weighted by Gasteiger charge is 2.12. The second-order valence-corrected chi connectivity index (χ2v) is 4.71. The number of aliphatic hydroxyl groups excluding tert-OH is 1. The molecule has 1 N–H and O–H groups in total. The minimum atomic E-state index is -0.259. The number of fused-ring (bicyclic) bond motifs is 1. The molecule has 0 fully saturated rings. The Kier molecular flexibility index (Phi) is 2.69. The van der Waals surface area contributed by atoms with E-state index in [1.165, 1.54) is 21.9 Å². The Hall–Kier alpha value is -1.60. The topological polar surface area (TPSA) is 20.2 Å². The van der Waals surface area contributed by atoms with Crippen molar-refractivity contribution < 1.29 is 5.11 Å². The van der Waals surface area contributed by atoms with Gasteiger partial charge < -0.3 is 5.11 Å². The zero-order chi connectivity index (χ0) is 11.7. The monoisotopic (exact) mass is 224 g/mol. The third-order valence-corrected chi connectivity index (χ3v) is 3.46. The second kappa shape index (κ2) is 4.34. The average Bonchev–Trinajstić information content (AvgIpc) is 2.38. The van der Waals surface area contributed by atoms with Crippen molar-refractivity contribution in [3.8, 4) is 0 Å². The Bertz CT molecular complexity index is 569. The molecule has 0 aromatic heterocycles. The van der Waals surface area contributed by atoms with E-state index >= 15 is 0 Å². The summed E-state index contributed by atoms with van der Waals surface area (Å²) in [7, 11) is 0. The molecule has 1 aliphatic carbocycles. The number of rotatable bonds is 1. The minimum Gasteiger partial charge on any atom is -0.389 e. The second-order valence-electron chi connectivity index (χ2n) is 4.71. The average molecular weight is 224 g/mol. The van der Waals surface area contributed by atoms with Crippen LogP contribution in [0.3, 0.4) is 0 Å². The normalized spacial score (nSPS) is 20.3. The molecule has 0 aliphatic heterocycles. The smallest absolute Gasteiger partial charge is 0.0726 e. The molecule has 2 aromatic rings. The maximum atomic E-state index is 9.68. The van der Waals surface area contributed by atoms with Crippen LogP contribution in [0.15, 0.2) is 48.5 Å². The van der Waals surface area contributed by atoms with Crippen LogP contribution in [0.4, 0.5) is 0 Å². The van der Waals surface area contributed by atoms with Crippen LogP contribution in [0, 0.1) is 0 Å². The van der Waals surface area contributed by atoms with Gasteiger partial charge in [0, 0.05) is 0 Å². The van der Waals surface area contributed by atoms with Crippen molar-refractivity contribution >= 4 is 16.3 Å². The van der Waals surface area contributed by atoms with Gasteiger partial charge in [-0.2, -0.15) is 0 Å². The first-order valence-electron chi connectivity index (χ1n) is 6.21. The Morgan fingerprint density at radius 1 is 1.00 bits per heavy atom. The van der Waals surface area contributed by atoms with E-state index in [1.807, 2.05) is 6.08 Å². The van der Waals surface area contributed by atoms with E-state index < -0.39 is 0 Å². The Labute approximate surface area is 101 Å². The van der Waals surface area contributed by atoms with Crippen molar-refractivity contribution in [2.45, 2.75) is 25.4 Å². The summed E-state index contributed by atoms with van der Waals surface area (Å²) in [5.74, 6) is 0. The van der Waals surface area contributed by atoms with Gasteiger partial charge in [0.1, 0.15) is 0 Å². The van der Waals surface area contributed by atoms with Crippen molar-refractivity contribution in [1.29, 1.82) is 0 Å². The lowest BCUT2D eigenvalue weighted by molar-refractivity contribution is 0.206. The fourth-order valence-corrected chi connectivity index (χ4v) is 2.53. The third kappa shape index (κ3) is 2.11. The minimum absolute atomic E-state index is 0.259. The SMILES string of the molecule is OC1C=C(c2ccc3ccccc3c2)CCC1. The van der Waals surface area contributed by atoms with Crippen LogP contribution < -0.4 is 0 Å². The van der Waals surface area contributed by atoms with Crippen LogP contribution in [0.5, 0.6) is 0 Å². The summed E-state index contributed by atoms with van der Waals surface area (Å²) >= 11 is 0. The van der Waals surface area contributed by atoms with Gasteiger partial charge in [-0.1, -0.05) is 42.5 Å². The predicted molar refractivity (Wildman–Crippen MR) is 71.8 cm³/mol. The largest absolute Gasteiger partial charge is 0.389 e. The van der Waals surface area contributed by atoms with E-state index in [-0.39, 0.29) is 6.10 Å². The lowest BCUT2D eigenvalue weighted by Gasteiger charge is -2.17. The summed E-state index contributed by atoms with van der Waals surface area (Å²) in [6, 6.07) is 14.9. The van der Waals surface area contributed by atoms with Gasteiger partial charge in [-0.25, -0.2) is 0 Å². The van der Waals surface area contributed by atoms with Gasteiger partial charge in [0.05, 0.1) is 6.10 Å². The molecule has 0 radical (unpaired) electrons. The molecule has 0 saturated carbocycles. The summed E-state index contributed by atoms with van der Waals surface area (Å²) in [4.78, 5) is 0. The molecule has 0 heterocycles. The molecule has 17 heavy (non-hydrogen) atoms. The lowest BCUT2D eigenvalue weighted by atomic mass is 9.91. The third-order valence-electron chi connectivity index (χ3n) is 3.46. The van der Waals surface area contributed by atoms with Gasteiger partial charge in [-0.15, -0.1) is 0 Å². The Morgan fingerprint density at radius 3 is 2.65 bits per heavy atom. The molecular formula is C16H16O. The van der Waals surface area contributed by atoms with Crippen molar-refractivity contribution in [2.75, 3.05) is 0 Å². The molecule has 1 atom stereocenters. The van der Waals surface area contributed by atoms with E-state index in [9.17, 15) is 5.11 Å². The van der Waals surface area contributed by atoms with Gasteiger partial charge >= 0.3 is 0 Å². The predicted octanol–water partition coefficient (Wildman–Crippen LogP) is 3.77. The number of hydrogen-bond donors (Lipinski definition) is 1. The van der Waals surface area contributed by atoms with E-state index in [0.29, 0.717) is 0 Å². The molecule has 2 aromatic carbocycles. The molecule has 1 heteroatoms. The molecule has 0 amide bonds. The number of allylic oxidation sites excluding steroid dienone is 1. The molecule has 0 spiro atoms. The summed E-state index contributed by atoms with van der Waals surface area (Å²) in [5, 5.41) is 12.2.